The van der Waals surface area contributed by atoms with Crippen LogP contribution in [0.15, 0.2) is 0 Å². The van der Waals surface area contributed by atoms with E-state index in [4.69, 9.17) is 4.74 Å². The molecular weight excluding hydrogens is 226 g/mol. The van der Waals surface area contributed by atoms with Crippen molar-refractivity contribution in [3.63, 3.8) is 0 Å². The summed E-state index contributed by atoms with van der Waals surface area (Å²) < 4.78 is 5.51. The predicted molar refractivity (Wildman–Crippen MR) is 75.7 cm³/mol. The largest absolute Gasteiger partial charge is 0.389 e. The van der Waals surface area contributed by atoms with Crippen molar-refractivity contribution < 1.29 is 9.84 Å². The number of ether oxygens (including phenoxy) is 1. The first kappa shape index (κ1) is 15.9. The van der Waals surface area contributed by atoms with E-state index in [0.717, 1.165) is 45.4 Å². The lowest BCUT2D eigenvalue weighted by molar-refractivity contribution is -0.0253. The van der Waals surface area contributed by atoms with Gasteiger partial charge in [0.25, 0.3) is 0 Å². The number of rotatable bonds is 7. The molecule has 0 atom stereocenters. The van der Waals surface area contributed by atoms with Gasteiger partial charge in [-0.25, -0.2) is 0 Å². The summed E-state index contributed by atoms with van der Waals surface area (Å²) in [5, 5.41) is 13.8. The standard InChI is InChI=1S/C15H31NO2/c1-13(2)11-18-10-9-16-12-15(17)7-5-14(3,4)6-8-15/h13,16-17H,5-12H2,1-4H3. The molecule has 1 saturated carbocycles. The maximum absolute atomic E-state index is 10.4. The van der Waals surface area contributed by atoms with Gasteiger partial charge in [0.05, 0.1) is 12.2 Å². The smallest absolute Gasteiger partial charge is 0.0772 e. The summed E-state index contributed by atoms with van der Waals surface area (Å²) in [6.07, 6.45) is 4.07. The van der Waals surface area contributed by atoms with E-state index >= 15 is 0 Å². The lowest BCUT2D eigenvalue weighted by Crippen LogP contribution is -2.45. The normalized spacial score (nSPS) is 22.3. The van der Waals surface area contributed by atoms with Crippen LogP contribution < -0.4 is 5.32 Å². The highest BCUT2D eigenvalue weighted by Crippen LogP contribution is 2.39. The second-order valence-electron chi connectivity index (χ2n) is 7.03. The Kier molecular flexibility index (Phi) is 6.09. The molecule has 3 nitrogen and oxygen atoms in total. The molecule has 1 aliphatic carbocycles. The summed E-state index contributed by atoms with van der Waals surface area (Å²) >= 11 is 0. The zero-order valence-electron chi connectivity index (χ0n) is 12.6. The fourth-order valence-electron chi connectivity index (χ4n) is 2.35. The van der Waals surface area contributed by atoms with Crippen LogP contribution >= 0.6 is 0 Å². The van der Waals surface area contributed by atoms with Crippen molar-refractivity contribution in [2.24, 2.45) is 11.3 Å². The van der Waals surface area contributed by atoms with Gasteiger partial charge in [0.2, 0.25) is 0 Å². The molecule has 0 aliphatic heterocycles. The lowest BCUT2D eigenvalue weighted by atomic mass is 9.71. The number of nitrogens with one attached hydrogen (secondary N) is 1. The quantitative estimate of drug-likeness (QED) is 0.689. The Morgan fingerprint density at radius 3 is 2.33 bits per heavy atom. The van der Waals surface area contributed by atoms with Crippen molar-refractivity contribution in [1.82, 2.24) is 5.32 Å². The Morgan fingerprint density at radius 2 is 1.78 bits per heavy atom. The summed E-state index contributed by atoms with van der Waals surface area (Å²) in [6, 6.07) is 0. The minimum absolute atomic E-state index is 0.409. The van der Waals surface area contributed by atoms with Gasteiger partial charge in [-0.3, -0.25) is 0 Å². The molecule has 0 heterocycles. The summed E-state index contributed by atoms with van der Waals surface area (Å²) in [5.74, 6) is 0.592. The summed E-state index contributed by atoms with van der Waals surface area (Å²) in [6.45, 7) is 12.0. The first-order chi connectivity index (χ1) is 8.33. The topological polar surface area (TPSA) is 41.5 Å². The molecule has 0 aromatic rings. The zero-order chi connectivity index (χ0) is 13.6. The SMILES string of the molecule is CC(C)COCCNCC1(O)CCC(C)(C)CC1. The molecule has 1 aliphatic rings. The highest BCUT2D eigenvalue weighted by atomic mass is 16.5. The molecule has 108 valence electrons. The first-order valence-corrected chi connectivity index (χ1v) is 7.34. The van der Waals surface area contributed by atoms with E-state index in [0.29, 0.717) is 17.9 Å². The van der Waals surface area contributed by atoms with E-state index in [1.54, 1.807) is 0 Å². The van der Waals surface area contributed by atoms with E-state index in [2.05, 4.69) is 33.0 Å². The molecule has 3 heteroatoms. The molecule has 0 unspecified atom stereocenters. The third kappa shape index (κ3) is 6.17. The van der Waals surface area contributed by atoms with Gasteiger partial charge in [-0.1, -0.05) is 27.7 Å². The van der Waals surface area contributed by atoms with Crippen molar-refractivity contribution in [1.29, 1.82) is 0 Å². The van der Waals surface area contributed by atoms with Gasteiger partial charge in [0, 0.05) is 19.7 Å². The lowest BCUT2D eigenvalue weighted by Gasteiger charge is -2.40. The van der Waals surface area contributed by atoms with Gasteiger partial charge in [-0.05, 0) is 37.0 Å². The predicted octanol–water partition coefficient (Wildman–Crippen LogP) is 2.58. The number of hydrogen-bond acceptors (Lipinski definition) is 3. The van der Waals surface area contributed by atoms with Crippen LogP contribution in [0.1, 0.15) is 53.4 Å². The highest BCUT2D eigenvalue weighted by molar-refractivity contribution is 4.90. The fraction of sp³-hybridized carbons (Fsp3) is 1.00. The van der Waals surface area contributed by atoms with Gasteiger partial charge in [0.15, 0.2) is 0 Å². The Bertz CT molecular complexity index is 229. The Hall–Kier alpha value is -0.120. The van der Waals surface area contributed by atoms with Crippen LogP contribution in [0.5, 0.6) is 0 Å². The highest BCUT2D eigenvalue weighted by Gasteiger charge is 2.36. The van der Waals surface area contributed by atoms with Gasteiger partial charge in [-0.2, -0.15) is 0 Å². The molecule has 0 aromatic heterocycles. The molecule has 0 aromatic carbocycles. The number of hydrogen-bond donors (Lipinski definition) is 2. The van der Waals surface area contributed by atoms with Gasteiger partial charge >= 0.3 is 0 Å². The van der Waals surface area contributed by atoms with Crippen molar-refractivity contribution in [2.45, 2.75) is 59.0 Å². The molecule has 2 N–H and O–H groups in total. The minimum Gasteiger partial charge on any atom is -0.389 e. The van der Waals surface area contributed by atoms with Gasteiger partial charge in [0.1, 0.15) is 0 Å². The van der Waals surface area contributed by atoms with E-state index in [-0.39, 0.29) is 0 Å². The van der Waals surface area contributed by atoms with Crippen LogP contribution in [-0.4, -0.2) is 37.0 Å². The van der Waals surface area contributed by atoms with E-state index in [1.807, 2.05) is 0 Å². The van der Waals surface area contributed by atoms with Crippen LogP contribution in [0.25, 0.3) is 0 Å². The fourth-order valence-corrected chi connectivity index (χ4v) is 2.35. The van der Waals surface area contributed by atoms with Crippen LogP contribution in [0.2, 0.25) is 0 Å². The Balaban J connectivity index is 2.08. The molecule has 0 radical (unpaired) electrons. The van der Waals surface area contributed by atoms with Gasteiger partial charge < -0.3 is 15.2 Å². The molecule has 1 fully saturated rings. The molecule has 0 bridgehead atoms. The molecule has 1 rings (SSSR count). The zero-order valence-corrected chi connectivity index (χ0v) is 12.6. The second-order valence-corrected chi connectivity index (χ2v) is 7.03. The van der Waals surface area contributed by atoms with Crippen LogP contribution in [0, 0.1) is 11.3 Å². The maximum Gasteiger partial charge on any atom is 0.0772 e. The van der Waals surface area contributed by atoms with E-state index < -0.39 is 5.60 Å². The third-order valence-corrected chi connectivity index (χ3v) is 3.86. The summed E-state index contributed by atoms with van der Waals surface area (Å²) in [7, 11) is 0. The number of aliphatic hydroxyl groups is 1. The average molecular weight is 257 g/mol. The van der Waals surface area contributed by atoms with Gasteiger partial charge in [-0.15, -0.1) is 0 Å². The minimum atomic E-state index is -0.492. The molecule has 18 heavy (non-hydrogen) atoms. The maximum atomic E-state index is 10.4. The van der Waals surface area contributed by atoms with Crippen molar-refractivity contribution in [2.75, 3.05) is 26.3 Å². The Labute approximate surface area is 112 Å². The first-order valence-electron chi connectivity index (χ1n) is 7.34. The molecule has 0 amide bonds. The Morgan fingerprint density at radius 1 is 1.17 bits per heavy atom. The van der Waals surface area contributed by atoms with Crippen LogP contribution in [-0.2, 0) is 4.74 Å². The molecular formula is C15H31NO2. The molecule has 0 saturated heterocycles. The van der Waals surface area contributed by atoms with E-state index in [9.17, 15) is 5.11 Å². The van der Waals surface area contributed by atoms with Crippen LogP contribution in [0.3, 0.4) is 0 Å². The summed E-state index contributed by atoms with van der Waals surface area (Å²) in [5.41, 5.74) is -0.0832. The van der Waals surface area contributed by atoms with Crippen molar-refractivity contribution in [3.8, 4) is 0 Å². The average Bonchev–Trinajstić information content (AvgIpc) is 2.28. The van der Waals surface area contributed by atoms with Crippen molar-refractivity contribution >= 4 is 0 Å². The van der Waals surface area contributed by atoms with E-state index in [1.165, 1.54) is 0 Å². The van der Waals surface area contributed by atoms with Crippen LogP contribution in [0.4, 0.5) is 0 Å². The summed E-state index contributed by atoms with van der Waals surface area (Å²) in [4.78, 5) is 0. The third-order valence-electron chi connectivity index (χ3n) is 3.86. The van der Waals surface area contributed by atoms with Crippen molar-refractivity contribution in [3.05, 3.63) is 0 Å². The monoisotopic (exact) mass is 257 g/mol. The molecule has 0 spiro atoms. The second kappa shape index (κ2) is 6.88.